The van der Waals surface area contributed by atoms with Crippen LogP contribution in [0.3, 0.4) is 0 Å². The highest BCUT2D eigenvalue weighted by Crippen LogP contribution is 2.19. The summed E-state index contributed by atoms with van der Waals surface area (Å²) in [7, 11) is 1.67. The predicted octanol–water partition coefficient (Wildman–Crippen LogP) is 1.76. The summed E-state index contributed by atoms with van der Waals surface area (Å²) < 4.78 is 10.6. The Morgan fingerprint density at radius 2 is 1.93 bits per heavy atom. The van der Waals surface area contributed by atoms with Gasteiger partial charge in [-0.15, -0.1) is 0 Å². The number of aromatic amines is 1. The Hall–Kier alpha value is -2.91. The highest BCUT2D eigenvalue weighted by Gasteiger charge is 2.12. The van der Waals surface area contributed by atoms with Crippen molar-refractivity contribution in [3.8, 4) is 5.75 Å². The summed E-state index contributed by atoms with van der Waals surface area (Å²) in [6.45, 7) is 6.12. The third kappa shape index (κ3) is 5.12. The summed E-state index contributed by atoms with van der Waals surface area (Å²) in [5, 5.41) is 6.73. The van der Waals surface area contributed by atoms with Crippen molar-refractivity contribution in [2.24, 2.45) is 0 Å². The Kier molecular flexibility index (Phi) is 6.38. The van der Waals surface area contributed by atoms with E-state index in [9.17, 15) is 0 Å². The lowest BCUT2D eigenvalue weighted by molar-refractivity contribution is 0.0398. The lowest BCUT2D eigenvalue weighted by atomic mass is 10.1. The van der Waals surface area contributed by atoms with Gasteiger partial charge in [0.15, 0.2) is 11.5 Å². The summed E-state index contributed by atoms with van der Waals surface area (Å²) >= 11 is 0. The van der Waals surface area contributed by atoms with Crippen molar-refractivity contribution in [2.75, 3.05) is 63.7 Å². The van der Waals surface area contributed by atoms with Crippen LogP contribution in [0.15, 0.2) is 30.6 Å². The average Bonchev–Trinajstić information content (AvgIpc) is 3.19. The van der Waals surface area contributed by atoms with Gasteiger partial charge >= 0.3 is 0 Å². The van der Waals surface area contributed by atoms with Crippen molar-refractivity contribution in [1.82, 2.24) is 24.8 Å². The molecule has 0 aliphatic carbocycles. The summed E-state index contributed by atoms with van der Waals surface area (Å²) in [5.74, 6) is 2.34. The number of rotatable bonds is 9. The van der Waals surface area contributed by atoms with E-state index in [1.165, 1.54) is 11.9 Å². The molecule has 3 aromatic rings. The van der Waals surface area contributed by atoms with Gasteiger partial charge in [0.25, 0.3) is 0 Å². The Morgan fingerprint density at radius 1 is 1.10 bits per heavy atom. The van der Waals surface area contributed by atoms with E-state index < -0.39 is 0 Å². The number of ether oxygens (including phenoxy) is 2. The van der Waals surface area contributed by atoms with Crippen molar-refractivity contribution in [3.05, 3.63) is 36.2 Å². The van der Waals surface area contributed by atoms with Crippen molar-refractivity contribution in [1.29, 1.82) is 0 Å². The normalized spacial score (nSPS) is 14.8. The topological polar surface area (TPSA) is 100 Å². The molecule has 29 heavy (non-hydrogen) atoms. The summed E-state index contributed by atoms with van der Waals surface area (Å²) in [6, 6.07) is 8.09. The summed E-state index contributed by atoms with van der Waals surface area (Å²) in [6.07, 6.45) is 2.42. The number of hydrogen-bond donors (Lipinski definition) is 3. The molecule has 0 spiro atoms. The van der Waals surface area contributed by atoms with Crippen LogP contribution in [0.25, 0.3) is 11.2 Å². The lowest BCUT2D eigenvalue weighted by Crippen LogP contribution is -2.39. The average molecular weight is 397 g/mol. The Balaban J connectivity index is 1.31. The molecular weight excluding hydrogens is 370 g/mol. The molecule has 9 nitrogen and oxygen atoms in total. The molecule has 0 saturated carbocycles. The fourth-order valence-electron chi connectivity index (χ4n) is 3.32. The van der Waals surface area contributed by atoms with Crippen LogP contribution in [-0.4, -0.2) is 77.9 Å². The maximum Gasteiger partial charge on any atom is 0.202 e. The van der Waals surface area contributed by atoms with E-state index in [-0.39, 0.29) is 0 Å². The molecule has 0 unspecified atom stereocenters. The van der Waals surface area contributed by atoms with E-state index in [2.05, 4.69) is 47.6 Å². The van der Waals surface area contributed by atoms with Crippen LogP contribution in [0, 0.1) is 0 Å². The second-order valence-electron chi connectivity index (χ2n) is 6.91. The van der Waals surface area contributed by atoms with Crippen LogP contribution in [0.5, 0.6) is 5.75 Å². The zero-order chi connectivity index (χ0) is 19.9. The summed E-state index contributed by atoms with van der Waals surface area (Å²) in [4.78, 5) is 18.8. The van der Waals surface area contributed by atoms with E-state index in [4.69, 9.17) is 9.47 Å². The van der Waals surface area contributed by atoms with Crippen LogP contribution in [0.1, 0.15) is 5.56 Å². The number of benzene rings is 1. The standard InChI is InChI=1S/C20H27N7O2/c1-28-16-4-2-15(3-5-16)6-7-21-18-17-19(24-14-23-18)26-20(25-17)22-8-9-27-10-12-29-13-11-27/h2-5,14H,6-13H2,1H3,(H3,21,22,23,24,25,26). The number of imidazole rings is 1. The lowest BCUT2D eigenvalue weighted by Gasteiger charge is -2.26. The third-order valence-electron chi connectivity index (χ3n) is 4.98. The molecule has 4 rings (SSSR count). The molecule has 9 heteroatoms. The van der Waals surface area contributed by atoms with Gasteiger partial charge in [0.2, 0.25) is 5.95 Å². The molecule has 2 aromatic heterocycles. The van der Waals surface area contributed by atoms with Crippen molar-refractivity contribution in [3.63, 3.8) is 0 Å². The first-order valence-electron chi connectivity index (χ1n) is 9.93. The number of nitrogens with one attached hydrogen (secondary N) is 3. The first kappa shape index (κ1) is 19.4. The number of methoxy groups -OCH3 is 1. The summed E-state index contributed by atoms with van der Waals surface area (Å²) in [5.41, 5.74) is 2.70. The number of anilines is 2. The predicted molar refractivity (Wildman–Crippen MR) is 113 cm³/mol. The minimum Gasteiger partial charge on any atom is -0.497 e. The zero-order valence-electron chi connectivity index (χ0n) is 16.6. The fraction of sp³-hybridized carbons (Fsp3) is 0.450. The molecule has 3 N–H and O–H groups in total. The van der Waals surface area contributed by atoms with Gasteiger partial charge < -0.3 is 25.1 Å². The van der Waals surface area contributed by atoms with Gasteiger partial charge in [-0.25, -0.2) is 9.97 Å². The molecule has 1 aliphatic rings. The monoisotopic (exact) mass is 397 g/mol. The van der Waals surface area contributed by atoms with Crippen LogP contribution in [0.2, 0.25) is 0 Å². The minimum absolute atomic E-state index is 0.654. The molecule has 1 aromatic carbocycles. The van der Waals surface area contributed by atoms with Crippen molar-refractivity contribution in [2.45, 2.75) is 6.42 Å². The van der Waals surface area contributed by atoms with Crippen molar-refractivity contribution >= 4 is 22.9 Å². The molecule has 3 heterocycles. The molecule has 0 amide bonds. The van der Waals surface area contributed by atoms with Gasteiger partial charge in [0.05, 0.1) is 20.3 Å². The van der Waals surface area contributed by atoms with Crippen LogP contribution < -0.4 is 15.4 Å². The molecule has 0 atom stereocenters. The molecular formula is C20H27N7O2. The van der Waals surface area contributed by atoms with Gasteiger partial charge in [0.1, 0.15) is 17.6 Å². The van der Waals surface area contributed by atoms with Gasteiger partial charge in [-0.1, -0.05) is 12.1 Å². The second kappa shape index (κ2) is 9.53. The molecule has 1 saturated heterocycles. The maximum absolute atomic E-state index is 5.38. The Morgan fingerprint density at radius 3 is 2.72 bits per heavy atom. The van der Waals surface area contributed by atoms with E-state index in [1.54, 1.807) is 7.11 Å². The van der Waals surface area contributed by atoms with Gasteiger partial charge in [-0.3, -0.25) is 4.90 Å². The number of fused-ring (bicyclic) bond motifs is 1. The Bertz CT molecular complexity index is 907. The molecule has 0 bridgehead atoms. The van der Waals surface area contributed by atoms with Crippen LogP contribution in [0.4, 0.5) is 11.8 Å². The molecule has 154 valence electrons. The number of nitrogens with zero attached hydrogens (tertiary/aromatic N) is 4. The minimum atomic E-state index is 0.654. The van der Waals surface area contributed by atoms with Crippen LogP contribution >= 0.6 is 0 Å². The first-order chi connectivity index (χ1) is 14.3. The molecule has 0 radical (unpaired) electrons. The smallest absolute Gasteiger partial charge is 0.202 e. The first-order valence-corrected chi connectivity index (χ1v) is 9.93. The number of aromatic nitrogens is 4. The van der Waals surface area contributed by atoms with E-state index in [0.717, 1.165) is 69.4 Å². The number of hydrogen-bond acceptors (Lipinski definition) is 8. The second-order valence-corrected chi connectivity index (χ2v) is 6.91. The largest absolute Gasteiger partial charge is 0.497 e. The highest BCUT2D eigenvalue weighted by atomic mass is 16.5. The highest BCUT2D eigenvalue weighted by molar-refractivity contribution is 5.84. The van der Waals surface area contributed by atoms with Gasteiger partial charge in [-0.05, 0) is 24.1 Å². The van der Waals surface area contributed by atoms with Gasteiger partial charge in [-0.2, -0.15) is 4.98 Å². The van der Waals surface area contributed by atoms with E-state index in [1.807, 2.05) is 12.1 Å². The van der Waals surface area contributed by atoms with Crippen LogP contribution in [-0.2, 0) is 11.2 Å². The van der Waals surface area contributed by atoms with E-state index >= 15 is 0 Å². The van der Waals surface area contributed by atoms with Gasteiger partial charge in [0, 0.05) is 32.7 Å². The molecule has 1 fully saturated rings. The maximum atomic E-state index is 5.38. The molecule has 1 aliphatic heterocycles. The zero-order valence-corrected chi connectivity index (χ0v) is 16.6. The fourth-order valence-corrected chi connectivity index (χ4v) is 3.32. The number of H-pyrrole nitrogens is 1. The third-order valence-corrected chi connectivity index (χ3v) is 4.98. The quantitative estimate of drug-likeness (QED) is 0.502. The SMILES string of the molecule is COc1ccc(CCNc2ncnc3nc(NCCN4CCOCC4)[nH]c23)cc1. The number of morpholine rings is 1. The Labute approximate surface area is 169 Å². The van der Waals surface area contributed by atoms with E-state index in [0.29, 0.717) is 11.6 Å². The van der Waals surface area contributed by atoms with Crippen molar-refractivity contribution < 1.29 is 9.47 Å².